The highest BCUT2D eigenvalue weighted by atomic mass is 32.2. The van der Waals surface area contributed by atoms with Gasteiger partial charge in [-0.3, -0.25) is 43.1 Å². The molecule has 424 valence electrons. The molecule has 32 heteroatoms. The van der Waals surface area contributed by atoms with Gasteiger partial charge in [0.25, 0.3) is 5.91 Å². The number of hydrogen-bond donors (Lipinski definition) is 12. The number of amides is 8. The van der Waals surface area contributed by atoms with Gasteiger partial charge in [-0.15, -0.1) is 5.10 Å². The number of hydrogen-bond acceptors (Lipinski definition) is 20. The van der Waals surface area contributed by atoms with Crippen molar-refractivity contribution in [1.29, 1.82) is 0 Å². The lowest BCUT2D eigenvalue weighted by molar-refractivity contribution is -0.144. The molecule has 2 rings (SSSR count). The number of primary amides is 1. The molecular formula is C44H69N13O18S. The number of nitrogen functional groups attached to an aromatic ring is 1. The van der Waals surface area contributed by atoms with Gasteiger partial charge in [0.1, 0.15) is 37.2 Å². The first-order valence-corrected chi connectivity index (χ1v) is 25.8. The van der Waals surface area contributed by atoms with Crippen LogP contribution in [0.3, 0.4) is 0 Å². The Morgan fingerprint density at radius 1 is 0.579 bits per heavy atom. The second kappa shape index (κ2) is 37.3. The molecule has 0 aliphatic carbocycles. The van der Waals surface area contributed by atoms with E-state index < -0.39 is 107 Å². The maximum absolute atomic E-state index is 12.5. The maximum Gasteiger partial charge on any atom is 0.326 e. The number of aromatic nitrogens is 4. The minimum atomic E-state index is -3.94. The van der Waals surface area contributed by atoms with E-state index in [4.69, 9.17) is 30.4 Å². The number of nitrogens with one attached hydrogen (secondary N) is 8. The van der Waals surface area contributed by atoms with Crippen molar-refractivity contribution in [2.45, 2.75) is 95.2 Å². The van der Waals surface area contributed by atoms with Crippen LogP contribution in [0.25, 0.3) is 0 Å². The zero-order chi connectivity index (χ0) is 56.1. The van der Waals surface area contributed by atoms with Crippen LogP contribution in [-0.2, 0) is 78.5 Å². The van der Waals surface area contributed by atoms with Crippen LogP contribution in [0.5, 0.6) is 0 Å². The number of H-pyrrole nitrogens is 1. The number of carbonyl (C=O) groups excluding carboxylic acids is 8. The highest BCUT2D eigenvalue weighted by Gasteiger charge is 2.25. The standard InChI is InChI=1S/C44H69N13O18S/c45-30-11-9-29(10-12-30)42(65)49-17-2-1-5-31(41(46)64)50-39(62)27-74-24-22-73-21-19-48-36(59)15-13-32(43(66)67)51-37(60)16-14-33(44(68)69)52-40(63)28-75-25-23-72-20-18-47-35(58)8-4-26-76(70,71)55-38(61)7-3-6-34-53-56-57-54-34/h9-12,31-33H,1-8,13-28,45H2,(H2,46,64)(H,47,58)(H,48,59)(H,49,65)(H,50,62)(H,51,60)(H,52,63)(H,55,61)(H,66,67)(H,68,69)(H,53,54,56,57)/t31-,32?,33-/m0/s1. The average molecular weight is 1100 g/mol. The maximum atomic E-state index is 12.5. The zero-order valence-electron chi connectivity index (χ0n) is 41.8. The molecule has 0 bridgehead atoms. The fourth-order valence-corrected chi connectivity index (χ4v) is 7.45. The number of rotatable bonds is 43. The fourth-order valence-electron chi connectivity index (χ4n) is 6.37. The van der Waals surface area contributed by atoms with Gasteiger partial charge in [0, 0.05) is 63.0 Å². The van der Waals surface area contributed by atoms with E-state index in [1.54, 1.807) is 24.3 Å². The van der Waals surface area contributed by atoms with Crippen LogP contribution in [0, 0.1) is 0 Å². The van der Waals surface area contributed by atoms with E-state index >= 15 is 0 Å². The number of carboxylic acid groups (broad SMARTS) is 2. The van der Waals surface area contributed by atoms with Crippen molar-refractivity contribution in [3.8, 4) is 0 Å². The highest BCUT2D eigenvalue weighted by Crippen LogP contribution is 2.07. The quantitative estimate of drug-likeness (QED) is 0.0222. The lowest BCUT2D eigenvalue weighted by atomic mass is 10.1. The van der Waals surface area contributed by atoms with E-state index in [1.165, 1.54) is 0 Å². The molecule has 76 heavy (non-hydrogen) atoms. The molecule has 0 aliphatic heterocycles. The van der Waals surface area contributed by atoms with E-state index in [0.29, 0.717) is 49.3 Å². The molecule has 14 N–H and O–H groups in total. The summed E-state index contributed by atoms with van der Waals surface area (Å²) in [6.07, 6.45) is 0.210. The number of carbonyl (C=O) groups is 10. The number of nitrogens with zero attached hydrogens (tertiary/aromatic N) is 3. The predicted molar refractivity (Wildman–Crippen MR) is 263 cm³/mol. The summed E-state index contributed by atoms with van der Waals surface area (Å²) in [5.74, 6) is -7.83. The summed E-state index contributed by atoms with van der Waals surface area (Å²) in [7, 11) is -3.94. The SMILES string of the molecule is NC(=O)[C@H](CCCCNC(=O)c1ccc(N)cc1)NC(=O)COCCOCCNC(=O)CCC(NC(=O)CC[C@H](NC(=O)COCCOCCNC(=O)CCCS(=O)(=O)NC(=O)CCCc1nnn[nH]1)C(=O)O)C(=O)O. The number of carboxylic acids is 2. The van der Waals surface area contributed by atoms with Crippen LogP contribution in [0.15, 0.2) is 24.3 Å². The molecule has 31 nitrogen and oxygen atoms in total. The third-order valence-corrected chi connectivity index (χ3v) is 11.6. The van der Waals surface area contributed by atoms with Gasteiger partial charge < -0.3 is 72.5 Å². The van der Waals surface area contributed by atoms with Gasteiger partial charge in [-0.2, -0.15) is 0 Å². The Bertz CT molecular complexity index is 2270. The molecule has 0 saturated heterocycles. The third-order valence-electron chi connectivity index (χ3n) is 10.3. The molecule has 1 aromatic heterocycles. The molecular weight excluding hydrogens is 1030 g/mol. The summed E-state index contributed by atoms with van der Waals surface area (Å²) < 4.78 is 47.3. The molecule has 0 aliphatic rings. The Kier molecular flexibility index (Phi) is 31.8. The Morgan fingerprint density at radius 3 is 1.66 bits per heavy atom. The van der Waals surface area contributed by atoms with Gasteiger partial charge in [0.2, 0.25) is 51.4 Å². The molecule has 0 radical (unpaired) electrons. The summed E-state index contributed by atoms with van der Waals surface area (Å²) in [6.45, 7) is -0.455. The van der Waals surface area contributed by atoms with Crippen LogP contribution < -0.4 is 48.1 Å². The largest absolute Gasteiger partial charge is 0.480 e. The number of ether oxygens (including phenoxy) is 4. The zero-order valence-corrected chi connectivity index (χ0v) is 42.7. The molecule has 3 atom stereocenters. The summed E-state index contributed by atoms with van der Waals surface area (Å²) >= 11 is 0. The van der Waals surface area contributed by atoms with E-state index in [0.717, 1.165) is 0 Å². The first-order valence-electron chi connectivity index (χ1n) is 24.1. The Morgan fingerprint density at radius 2 is 1.11 bits per heavy atom. The Balaban J connectivity index is 1.49. The monoisotopic (exact) mass is 1100 g/mol. The highest BCUT2D eigenvalue weighted by molar-refractivity contribution is 7.90. The molecule has 8 amide bonds. The van der Waals surface area contributed by atoms with Gasteiger partial charge in [-0.05, 0) is 79.6 Å². The molecule has 2 aromatic rings. The second-order valence-electron chi connectivity index (χ2n) is 16.6. The van der Waals surface area contributed by atoms with Crippen LogP contribution >= 0.6 is 0 Å². The van der Waals surface area contributed by atoms with Crippen LogP contribution in [0.4, 0.5) is 5.69 Å². The topological polar surface area (TPSA) is 473 Å². The van der Waals surface area contributed by atoms with Crippen molar-refractivity contribution in [3.63, 3.8) is 0 Å². The Labute approximate surface area is 437 Å². The summed E-state index contributed by atoms with van der Waals surface area (Å²) in [4.78, 5) is 121. The first kappa shape index (κ1) is 64.7. The van der Waals surface area contributed by atoms with Crippen LogP contribution in [0.2, 0.25) is 0 Å². The number of benzene rings is 1. The minimum absolute atomic E-state index is 0.00257. The first-order chi connectivity index (χ1) is 36.2. The van der Waals surface area contributed by atoms with Gasteiger partial charge >= 0.3 is 11.9 Å². The van der Waals surface area contributed by atoms with Crippen molar-refractivity contribution in [3.05, 3.63) is 35.7 Å². The number of tetrazole rings is 1. The van der Waals surface area contributed by atoms with Crippen molar-refractivity contribution in [1.82, 2.24) is 57.2 Å². The third kappa shape index (κ3) is 31.3. The molecule has 0 fully saturated rings. The number of sulfonamides is 1. The number of aryl methyl sites for hydroxylation is 1. The number of unbranched alkanes of at least 4 members (excludes halogenated alkanes) is 1. The van der Waals surface area contributed by atoms with Crippen molar-refractivity contribution in [2.75, 3.05) is 84.0 Å². The number of nitrogens with two attached hydrogens (primary N) is 2. The molecule has 1 unspecified atom stereocenters. The Hall–Kier alpha value is -7.42. The average Bonchev–Trinajstić information content (AvgIpc) is 3.88. The van der Waals surface area contributed by atoms with E-state index in [2.05, 4.69) is 52.5 Å². The van der Waals surface area contributed by atoms with Gasteiger partial charge in [-0.1, -0.05) is 0 Å². The van der Waals surface area contributed by atoms with Gasteiger partial charge in [0.15, 0.2) is 0 Å². The van der Waals surface area contributed by atoms with Gasteiger partial charge in [0.05, 0.1) is 45.4 Å². The lowest BCUT2D eigenvalue weighted by Crippen LogP contribution is -2.45. The number of anilines is 1. The van der Waals surface area contributed by atoms with Crippen molar-refractivity contribution in [2.24, 2.45) is 5.73 Å². The van der Waals surface area contributed by atoms with Crippen LogP contribution in [-0.4, -0.2) is 195 Å². The summed E-state index contributed by atoms with van der Waals surface area (Å²) in [5, 5.41) is 46.9. The van der Waals surface area contributed by atoms with Crippen molar-refractivity contribution >= 4 is 74.9 Å². The molecule has 1 heterocycles. The lowest BCUT2D eigenvalue weighted by Gasteiger charge is -2.17. The summed E-state index contributed by atoms with van der Waals surface area (Å²) in [6, 6.07) is 2.47. The number of aromatic amines is 1. The van der Waals surface area contributed by atoms with Crippen molar-refractivity contribution < 1.29 is 85.5 Å². The minimum Gasteiger partial charge on any atom is -0.480 e. The van der Waals surface area contributed by atoms with E-state index in [9.17, 15) is 66.6 Å². The molecule has 1 aromatic carbocycles. The number of aliphatic carboxylic acids is 2. The second-order valence-corrected chi connectivity index (χ2v) is 18.4. The van der Waals surface area contributed by atoms with Gasteiger partial charge in [-0.25, -0.2) is 23.1 Å². The normalized spacial score (nSPS) is 12.3. The smallest absolute Gasteiger partial charge is 0.326 e. The van der Waals surface area contributed by atoms with Crippen LogP contribution in [0.1, 0.15) is 86.8 Å². The fraction of sp³-hybridized carbons (Fsp3) is 0.614. The van der Waals surface area contributed by atoms with E-state index in [-0.39, 0.29) is 104 Å². The predicted octanol–water partition coefficient (Wildman–Crippen LogP) is -4.10. The summed E-state index contributed by atoms with van der Waals surface area (Å²) in [5.41, 5.74) is 12.0. The molecule has 0 spiro atoms. The molecule has 0 saturated carbocycles. The van der Waals surface area contributed by atoms with E-state index in [1.807, 2.05) is 4.72 Å².